The van der Waals surface area contributed by atoms with Gasteiger partial charge in [0.05, 0.1) is 11.0 Å². The third-order valence-electron chi connectivity index (χ3n) is 14.6. The number of fused-ring (bicyclic) bond motifs is 5. The van der Waals surface area contributed by atoms with E-state index in [1.54, 1.807) is 0 Å². The van der Waals surface area contributed by atoms with Gasteiger partial charge in [0.15, 0.2) is 0 Å². The molecular weight excluding hydrogens is 855 g/mol. The number of benzene rings is 12. The first-order valence-corrected chi connectivity index (χ1v) is 24.7. The number of rotatable bonds is 9. The lowest BCUT2D eigenvalue weighted by Gasteiger charge is -2.21. The zero-order valence-corrected chi connectivity index (χ0v) is 39.5. The molecule has 0 saturated heterocycles. The second-order valence-electron chi connectivity index (χ2n) is 18.9. The van der Waals surface area contributed by atoms with Crippen LogP contribution in [0.4, 0.5) is 0 Å². The fourth-order valence-corrected chi connectivity index (χ4v) is 11.2. The van der Waals surface area contributed by atoms with Crippen LogP contribution in [0, 0.1) is 6.92 Å². The number of aryl methyl sites for hydroxylation is 1. The Morgan fingerprint density at radius 1 is 0.282 bits per heavy atom. The summed E-state index contributed by atoms with van der Waals surface area (Å²) in [7, 11) is 0. The Morgan fingerprint density at radius 3 is 1.28 bits per heavy atom. The van der Waals surface area contributed by atoms with E-state index >= 15 is 0 Å². The summed E-state index contributed by atoms with van der Waals surface area (Å²) in [5, 5.41) is 7.59. The molecule has 1 atom stereocenters. The van der Waals surface area contributed by atoms with Gasteiger partial charge in [0, 0.05) is 22.4 Å². The van der Waals surface area contributed by atoms with Crippen LogP contribution in [0.3, 0.4) is 0 Å². The molecule has 334 valence electrons. The van der Waals surface area contributed by atoms with Gasteiger partial charge >= 0.3 is 0 Å². The first kappa shape index (κ1) is 42.1. The molecule has 0 spiro atoms. The number of nitrogens with zero attached hydrogens (tertiary/aromatic N) is 1. The van der Waals surface area contributed by atoms with Crippen molar-refractivity contribution < 1.29 is 0 Å². The molecular formula is C70H49N. The van der Waals surface area contributed by atoms with Gasteiger partial charge in [-0.25, -0.2) is 0 Å². The third kappa shape index (κ3) is 7.60. The topological polar surface area (TPSA) is 4.93 Å². The molecule has 13 rings (SSSR count). The van der Waals surface area contributed by atoms with Crippen LogP contribution in [0.25, 0.3) is 105 Å². The van der Waals surface area contributed by atoms with Gasteiger partial charge in [-0.2, -0.15) is 0 Å². The monoisotopic (exact) mass is 903 g/mol. The summed E-state index contributed by atoms with van der Waals surface area (Å²) in [5.74, 6) is -0.0182. The second-order valence-corrected chi connectivity index (χ2v) is 18.9. The average molecular weight is 904 g/mol. The van der Waals surface area contributed by atoms with E-state index in [-0.39, 0.29) is 5.92 Å². The fourth-order valence-electron chi connectivity index (χ4n) is 11.2. The number of aromatic nitrogens is 1. The van der Waals surface area contributed by atoms with Crippen LogP contribution in [0.15, 0.2) is 273 Å². The van der Waals surface area contributed by atoms with Crippen molar-refractivity contribution in [1.29, 1.82) is 0 Å². The summed E-state index contributed by atoms with van der Waals surface area (Å²) < 4.78 is 2.39. The summed E-state index contributed by atoms with van der Waals surface area (Å²) in [6.45, 7) is 2.17. The molecule has 0 aliphatic carbocycles. The quantitative estimate of drug-likeness (QED) is 0.127. The summed E-state index contributed by atoms with van der Waals surface area (Å²) in [6.07, 6.45) is 0. The van der Waals surface area contributed by atoms with Crippen LogP contribution < -0.4 is 0 Å². The van der Waals surface area contributed by atoms with Crippen molar-refractivity contribution in [2.45, 2.75) is 12.8 Å². The van der Waals surface area contributed by atoms with Crippen LogP contribution in [0.1, 0.15) is 28.2 Å². The molecule has 71 heavy (non-hydrogen) atoms. The predicted octanol–water partition coefficient (Wildman–Crippen LogP) is 18.9. The van der Waals surface area contributed by atoms with E-state index < -0.39 is 0 Å². The SMILES string of the molecule is Cc1ccc2c(c1)c1ccccc1n2-c1ccc(-c2ccc(C(c3ccc(-c4cccc5cccc(-c6ccccc6)c45)cc3)c3cccc(-c4cccc5cccc(-c6ccccc6)c45)c3)cc2)cc1. The van der Waals surface area contributed by atoms with Crippen molar-refractivity contribution in [2.75, 3.05) is 0 Å². The van der Waals surface area contributed by atoms with Gasteiger partial charge in [-0.15, -0.1) is 0 Å². The third-order valence-corrected chi connectivity index (χ3v) is 14.6. The minimum absolute atomic E-state index is 0.0182. The van der Waals surface area contributed by atoms with Crippen molar-refractivity contribution in [3.05, 3.63) is 295 Å². The summed E-state index contributed by atoms with van der Waals surface area (Å²) in [4.78, 5) is 0. The van der Waals surface area contributed by atoms with Crippen LogP contribution in [-0.2, 0) is 0 Å². The Bertz CT molecular complexity index is 4060. The van der Waals surface area contributed by atoms with Crippen molar-refractivity contribution in [2.24, 2.45) is 0 Å². The molecule has 0 aliphatic heterocycles. The van der Waals surface area contributed by atoms with E-state index in [1.165, 1.54) is 121 Å². The molecule has 0 aliphatic rings. The van der Waals surface area contributed by atoms with Gasteiger partial charge in [0.25, 0.3) is 0 Å². The Labute approximate surface area is 415 Å². The highest BCUT2D eigenvalue weighted by molar-refractivity contribution is 6.10. The maximum Gasteiger partial charge on any atom is 0.0541 e. The van der Waals surface area contributed by atoms with Crippen LogP contribution in [0.5, 0.6) is 0 Å². The van der Waals surface area contributed by atoms with E-state index in [9.17, 15) is 0 Å². The molecule has 1 heteroatoms. The maximum atomic E-state index is 2.43. The zero-order chi connectivity index (χ0) is 47.3. The van der Waals surface area contributed by atoms with Gasteiger partial charge in [0.1, 0.15) is 0 Å². The molecule has 1 nitrogen and oxygen atoms in total. The molecule has 0 saturated carbocycles. The molecule has 1 heterocycles. The summed E-state index contributed by atoms with van der Waals surface area (Å²) in [5.41, 5.74) is 20.8. The normalized spacial score (nSPS) is 12.0. The maximum absolute atomic E-state index is 2.43. The van der Waals surface area contributed by atoms with Crippen molar-refractivity contribution in [1.82, 2.24) is 4.57 Å². The number of para-hydroxylation sites is 1. The molecule has 1 aromatic heterocycles. The second kappa shape index (κ2) is 17.8. The fraction of sp³-hybridized carbons (Fsp3) is 0.0286. The Hall–Kier alpha value is -9.04. The van der Waals surface area contributed by atoms with Crippen molar-refractivity contribution >= 4 is 43.4 Å². The van der Waals surface area contributed by atoms with Crippen molar-refractivity contribution in [3.63, 3.8) is 0 Å². The van der Waals surface area contributed by atoms with E-state index in [4.69, 9.17) is 0 Å². The summed E-state index contributed by atoms with van der Waals surface area (Å²) >= 11 is 0. The molecule has 12 aromatic carbocycles. The zero-order valence-electron chi connectivity index (χ0n) is 39.5. The Balaban J connectivity index is 0.908. The van der Waals surface area contributed by atoms with Crippen molar-refractivity contribution in [3.8, 4) is 61.3 Å². The smallest absolute Gasteiger partial charge is 0.0541 e. The lowest BCUT2D eigenvalue weighted by Crippen LogP contribution is -2.04. The van der Waals surface area contributed by atoms with Gasteiger partial charge in [-0.1, -0.05) is 248 Å². The van der Waals surface area contributed by atoms with Gasteiger partial charge < -0.3 is 4.57 Å². The summed E-state index contributed by atoms with van der Waals surface area (Å²) in [6, 6.07) is 101. The van der Waals surface area contributed by atoms with E-state index in [0.717, 1.165) is 5.69 Å². The molecule has 0 N–H and O–H groups in total. The highest BCUT2D eigenvalue weighted by Gasteiger charge is 2.21. The molecule has 0 bridgehead atoms. The highest BCUT2D eigenvalue weighted by Crippen LogP contribution is 2.42. The standard InChI is InChI=1S/C70H49N/c1-47-31-44-67-65(45-47)64-25-8-9-30-66(64)71(67)59-42-40-49(41-43-59)48-32-36-55(37-33-48)68(56-38-34-52(35-39-56)62-28-13-20-53-19-11-26-60(69(53)62)50-15-4-2-5-16-50)58-24-10-23-57(46-58)63-29-14-22-54-21-12-27-61(70(54)63)51-17-6-3-7-18-51/h2-46,68H,1H3. The predicted molar refractivity (Wildman–Crippen MR) is 302 cm³/mol. The minimum Gasteiger partial charge on any atom is -0.309 e. The van der Waals surface area contributed by atoms with Crippen LogP contribution in [-0.4, -0.2) is 4.57 Å². The van der Waals surface area contributed by atoms with E-state index in [0.29, 0.717) is 0 Å². The lowest BCUT2D eigenvalue weighted by atomic mass is 9.82. The van der Waals surface area contributed by atoms with Crippen LogP contribution in [0.2, 0.25) is 0 Å². The first-order chi connectivity index (χ1) is 35.1. The largest absolute Gasteiger partial charge is 0.309 e. The molecule has 0 fully saturated rings. The van der Waals surface area contributed by atoms with Gasteiger partial charge in [-0.05, 0) is 131 Å². The minimum atomic E-state index is -0.0182. The molecule has 1 unspecified atom stereocenters. The number of hydrogen-bond acceptors (Lipinski definition) is 0. The Kier molecular flexibility index (Phi) is 10.6. The van der Waals surface area contributed by atoms with Crippen LogP contribution >= 0.6 is 0 Å². The molecule has 13 aromatic rings. The van der Waals surface area contributed by atoms with Gasteiger partial charge in [0.2, 0.25) is 0 Å². The number of hydrogen-bond donors (Lipinski definition) is 0. The molecule has 0 radical (unpaired) electrons. The average Bonchev–Trinajstić information content (AvgIpc) is 3.77. The highest BCUT2D eigenvalue weighted by atomic mass is 15.0. The first-order valence-electron chi connectivity index (χ1n) is 24.7. The van der Waals surface area contributed by atoms with Gasteiger partial charge in [-0.3, -0.25) is 0 Å². The Morgan fingerprint density at radius 2 is 0.718 bits per heavy atom. The van der Waals surface area contributed by atoms with E-state index in [1.807, 2.05) is 0 Å². The molecule has 0 amide bonds. The van der Waals surface area contributed by atoms with E-state index in [2.05, 4.69) is 284 Å². The lowest BCUT2D eigenvalue weighted by molar-refractivity contribution is 0.978.